The smallest absolute Gasteiger partial charge is 0.475 e. The predicted molar refractivity (Wildman–Crippen MR) is 129 cm³/mol. The second-order valence-electron chi connectivity index (χ2n) is 8.48. The molecule has 0 spiro atoms. The van der Waals surface area contributed by atoms with E-state index in [1.807, 2.05) is 24.4 Å². The van der Waals surface area contributed by atoms with Crippen LogP contribution in [0.25, 0.3) is 0 Å². The molecule has 0 saturated heterocycles. The summed E-state index contributed by atoms with van der Waals surface area (Å²) in [5.74, 6) is -6.12. The van der Waals surface area contributed by atoms with E-state index in [1.54, 1.807) is 6.26 Å². The molecule has 3 heterocycles. The summed E-state index contributed by atoms with van der Waals surface area (Å²) >= 11 is 0. The van der Waals surface area contributed by atoms with Gasteiger partial charge in [0.05, 0.1) is 12.8 Å². The molecule has 0 radical (unpaired) electrons. The van der Waals surface area contributed by atoms with Crippen molar-refractivity contribution in [1.29, 1.82) is 0 Å². The molecule has 0 amide bonds. The van der Waals surface area contributed by atoms with Crippen LogP contribution in [-0.4, -0.2) is 107 Å². The Morgan fingerprint density at radius 2 is 1.35 bits per heavy atom. The number of alkyl halides is 9. The van der Waals surface area contributed by atoms with Gasteiger partial charge in [-0.05, 0) is 32.3 Å². The molecular weight excluding hydrogens is 615 g/mol. The molecule has 0 unspecified atom stereocenters. The lowest BCUT2D eigenvalue weighted by Gasteiger charge is -2.25. The van der Waals surface area contributed by atoms with Gasteiger partial charge >= 0.3 is 36.4 Å². The van der Waals surface area contributed by atoms with E-state index in [4.69, 9.17) is 34.1 Å². The first kappa shape index (κ1) is 38.9. The molecule has 1 aliphatic rings. The number of aliphatic carboxylic acids is 3. The average molecular weight is 642 g/mol. The molecule has 0 aliphatic carbocycles. The Bertz CT molecular complexity index is 1080. The monoisotopic (exact) mass is 642 g/mol. The maximum atomic E-state index is 10.6. The number of pyridine rings is 1. The summed E-state index contributed by atoms with van der Waals surface area (Å²) < 4.78 is 101. The van der Waals surface area contributed by atoms with Crippen molar-refractivity contribution < 1.29 is 73.6 Å². The standard InChI is InChI=1S/C17H24N4O.3C2HF3O2/c1-19(2)8-10-21-11-9-20(14-16-6-4-12-22-16)13-15-5-3-7-18-17(15)21;3*3-2(4,5)1(6)7/h3-7,12H,8-11,13-14H2,1-2H3;3*(H,6,7). The quantitative estimate of drug-likeness (QED) is 0.407. The van der Waals surface area contributed by atoms with Crippen LogP contribution in [0.1, 0.15) is 11.3 Å². The van der Waals surface area contributed by atoms with E-state index in [2.05, 4.69) is 39.8 Å². The minimum atomic E-state index is -5.08. The molecule has 0 bridgehead atoms. The summed E-state index contributed by atoms with van der Waals surface area (Å²) in [5.41, 5.74) is 1.30. The van der Waals surface area contributed by atoms with Crippen LogP contribution < -0.4 is 4.90 Å². The normalized spacial score (nSPS) is 13.6. The van der Waals surface area contributed by atoms with Gasteiger partial charge in [-0.3, -0.25) is 4.90 Å². The Hall–Kier alpha value is -4.07. The molecule has 244 valence electrons. The van der Waals surface area contributed by atoms with Crippen LogP contribution in [-0.2, 0) is 27.5 Å². The molecule has 20 heteroatoms. The first-order valence-electron chi connectivity index (χ1n) is 11.5. The van der Waals surface area contributed by atoms with Crippen molar-refractivity contribution in [2.24, 2.45) is 0 Å². The highest BCUT2D eigenvalue weighted by atomic mass is 19.4. The number of nitrogens with zero attached hydrogens (tertiary/aromatic N) is 4. The number of carbonyl (C=O) groups is 3. The van der Waals surface area contributed by atoms with Gasteiger partial charge in [0.15, 0.2) is 0 Å². The first-order chi connectivity index (χ1) is 19.6. The maximum Gasteiger partial charge on any atom is 0.490 e. The number of carboxylic acids is 3. The van der Waals surface area contributed by atoms with Crippen molar-refractivity contribution in [3.8, 4) is 0 Å². The van der Waals surface area contributed by atoms with Crippen LogP contribution in [0.5, 0.6) is 0 Å². The number of hydrogen-bond donors (Lipinski definition) is 3. The van der Waals surface area contributed by atoms with E-state index < -0.39 is 36.4 Å². The molecule has 3 N–H and O–H groups in total. The number of hydrogen-bond acceptors (Lipinski definition) is 8. The van der Waals surface area contributed by atoms with Crippen LogP contribution in [0.4, 0.5) is 45.3 Å². The number of furan rings is 1. The van der Waals surface area contributed by atoms with Gasteiger partial charge in [0.2, 0.25) is 0 Å². The highest BCUT2D eigenvalue weighted by Gasteiger charge is 2.39. The highest BCUT2D eigenvalue weighted by molar-refractivity contribution is 5.73. The zero-order valence-corrected chi connectivity index (χ0v) is 22.4. The highest BCUT2D eigenvalue weighted by Crippen LogP contribution is 2.23. The summed E-state index contributed by atoms with van der Waals surface area (Å²) in [7, 11) is 4.22. The van der Waals surface area contributed by atoms with E-state index in [0.29, 0.717) is 0 Å². The number of halogens is 9. The average Bonchev–Trinajstić information content (AvgIpc) is 3.30. The number of likely N-dealkylation sites (N-methyl/N-ethyl adjacent to an activating group) is 1. The van der Waals surface area contributed by atoms with Gasteiger partial charge in [-0.15, -0.1) is 0 Å². The zero-order chi connectivity index (χ0) is 33.6. The van der Waals surface area contributed by atoms with Crippen LogP contribution in [0.15, 0.2) is 41.1 Å². The Morgan fingerprint density at radius 3 is 1.74 bits per heavy atom. The molecular formula is C23H27F9N4O7. The van der Waals surface area contributed by atoms with E-state index in [1.165, 1.54) is 5.56 Å². The summed E-state index contributed by atoms with van der Waals surface area (Å²) in [6.07, 6.45) is -11.6. The zero-order valence-electron chi connectivity index (χ0n) is 22.4. The Balaban J connectivity index is 0.000000690. The summed E-state index contributed by atoms with van der Waals surface area (Å²) in [4.78, 5) is 38.4. The van der Waals surface area contributed by atoms with Crippen LogP contribution in [0, 0.1) is 0 Å². The summed E-state index contributed by atoms with van der Waals surface area (Å²) in [5, 5.41) is 21.4. The van der Waals surface area contributed by atoms with Gasteiger partial charge < -0.3 is 29.5 Å². The molecule has 0 aromatic carbocycles. The number of fused-ring (bicyclic) bond motifs is 1. The molecule has 43 heavy (non-hydrogen) atoms. The number of anilines is 1. The number of rotatable bonds is 5. The fourth-order valence-corrected chi connectivity index (χ4v) is 2.82. The van der Waals surface area contributed by atoms with Crippen LogP contribution in [0.3, 0.4) is 0 Å². The van der Waals surface area contributed by atoms with E-state index in [-0.39, 0.29) is 0 Å². The molecule has 2 aromatic rings. The first-order valence-corrected chi connectivity index (χ1v) is 11.5. The molecule has 0 saturated carbocycles. The topological polar surface area (TPSA) is 148 Å². The van der Waals surface area contributed by atoms with Crippen molar-refractivity contribution in [3.63, 3.8) is 0 Å². The Labute approximate surface area is 237 Å². The van der Waals surface area contributed by atoms with Crippen molar-refractivity contribution in [3.05, 3.63) is 48.0 Å². The molecule has 1 aliphatic heterocycles. The van der Waals surface area contributed by atoms with Crippen molar-refractivity contribution in [2.75, 3.05) is 45.2 Å². The lowest BCUT2D eigenvalue weighted by Crippen LogP contribution is -2.36. The fourth-order valence-electron chi connectivity index (χ4n) is 2.82. The van der Waals surface area contributed by atoms with E-state index >= 15 is 0 Å². The SMILES string of the molecule is CN(C)CCN1CCN(Cc2ccco2)Cc2cccnc21.O=C(O)C(F)(F)F.O=C(O)C(F)(F)F.O=C(O)C(F)(F)F. The minimum Gasteiger partial charge on any atom is -0.475 e. The van der Waals surface area contributed by atoms with Crippen molar-refractivity contribution in [2.45, 2.75) is 31.6 Å². The van der Waals surface area contributed by atoms with Gasteiger partial charge in [0, 0.05) is 44.5 Å². The largest absolute Gasteiger partial charge is 0.490 e. The van der Waals surface area contributed by atoms with Gasteiger partial charge in [-0.25, -0.2) is 19.4 Å². The second-order valence-corrected chi connectivity index (χ2v) is 8.48. The lowest BCUT2D eigenvalue weighted by atomic mass is 10.2. The minimum absolute atomic E-state index is 0.850. The van der Waals surface area contributed by atoms with Gasteiger partial charge in [-0.1, -0.05) is 6.07 Å². The van der Waals surface area contributed by atoms with Gasteiger partial charge in [0.1, 0.15) is 11.6 Å². The lowest BCUT2D eigenvalue weighted by molar-refractivity contribution is -0.193. The third kappa shape index (κ3) is 16.8. The number of carboxylic acid groups (broad SMARTS) is 3. The van der Waals surface area contributed by atoms with Crippen molar-refractivity contribution >= 4 is 23.7 Å². The molecule has 2 aromatic heterocycles. The third-order valence-electron chi connectivity index (χ3n) is 4.75. The second kappa shape index (κ2) is 17.1. The Kier molecular flexibility index (Phi) is 15.5. The summed E-state index contributed by atoms with van der Waals surface area (Å²) in [6, 6.07) is 8.20. The van der Waals surface area contributed by atoms with Gasteiger partial charge in [-0.2, -0.15) is 39.5 Å². The molecule has 0 fully saturated rings. The maximum absolute atomic E-state index is 10.6. The van der Waals surface area contributed by atoms with Crippen LogP contribution in [0.2, 0.25) is 0 Å². The molecule has 11 nitrogen and oxygen atoms in total. The number of aromatic nitrogens is 1. The Morgan fingerprint density at radius 1 is 0.860 bits per heavy atom. The summed E-state index contributed by atoms with van der Waals surface area (Å²) in [6.45, 7) is 5.83. The molecule has 0 atom stereocenters. The van der Waals surface area contributed by atoms with Crippen LogP contribution >= 0.6 is 0 Å². The predicted octanol–water partition coefficient (Wildman–Crippen LogP) is 3.96. The fraction of sp³-hybridized carbons (Fsp3) is 0.478. The van der Waals surface area contributed by atoms with Crippen molar-refractivity contribution in [1.82, 2.24) is 14.8 Å². The van der Waals surface area contributed by atoms with Gasteiger partial charge in [0.25, 0.3) is 0 Å². The van der Waals surface area contributed by atoms with E-state index in [0.717, 1.165) is 50.8 Å². The third-order valence-corrected chi connectivity index (χ3v) is 4.75. The van der Waals surface area contributed by atoms with E-state index in [9.17, 15) is 39.5 Å². The molecule has 3 rings (SSSR count).